The van der Waals surface area contributed by atoms with Gasteiger partial charge in [0.05, 0.1) is 17.5 Å². The summed E-state index contributed by atoms with van der Waals surface area (Å²) >= 11 is 3.60. The number of piperidine rings is 1. The number of hydrogen-bond acceptors (Lipinski definition) is 4. The van der Waals surface area contributed by atoms with Crippen molar-refractivity contribution in [2.75, 3.05) is 31.2 Å². The van der Waals surface area contributed by atoms with Crippen LogP contribution in [-0.4, -0.2) is 43.3 Å². The summed E-state index contributed by atoms with van der Waals surface area (Å²) in [6, 6.07) is 5.43. The number of hydrogen-bond donors (Lipinski definition) is 2. The fraction of sp³-hybridized carbons (Fsp3) is 0.684. The first kappa shape index (κ1) is 18.0. The van der Waals surface area contributed by atoms with Crippen LogP contribution in [0.2, 0.25) is 0 Å². The third kappa shape index (κ3) is 4.24. The minimum Gasteiger partial charge on any atom is -0.397 e. The van der Waals surface area contributed by atoms with Crippen LogP contribution in [0.3, 0.4) is 0 Å². The van der Waals surface area contributed by atoms with Gasteiger partial charge in [0.1, 0.15) is 0 Å². The number of anilines is 2. The van der Waals surface area contributed by atoms with E-state index in [1.807, 2.05) is 13.2 Å². The summed E-state index contributed by atoms with van der Waals surface area (Å²) in [4.78, 5) is 2.69. The van der Waals surface area contributed by atoms with Gasteiger partial charge in [-0.1, -0.05) is 15.9 Å². The molecule has 0 amide bonds. The number of halogens is 1. The molecule has 24 heavy (non-hydrogen) atoms. The Morgan fingerprint density at radius 2 is 1.79 bits per heavy atom. The third-order valence-corrected chi connectivity index (χ3v) is 6.57. The van der Waals surface area contributed by atoms with Crippen LogP contribution in [0.5, 0.6) is 0 Å². The lowest BCUT2D eigenvalue weighted by Gasteiger charge is -2.41. The lowest BCUT2D eigenvalue weighted by atomic mass is 9.90. The molecule has 1 aliphatic heterocycles. The Kier molecular flexibility index (Phi) is 6.06. The summed E-state index contributed by atoms with van der Waals surface area (Å²) in [7, 11) is 1.84. The highest BCUT2D eigenvalue weighted by Gasteiger charge is 2.29. The van der Waals surface area contributed by atoms with Crippen molar-refractivity contribution in [1.82, 2.24) is 4.90 Å². The van der Waals surface area contributed by atoms with Crippen LogP contribution in [0.1, 0.15) is 44.1 Å². The molecule has 4 nitrogen and oxygen atoms in total. The second kappa shape index (κ2) is 8.07. The lowest BCUT2D eigenvalue weighted by molar-refractivity contribution is 0.0329. The number of nitrogens with two attached hydrogens (primary N) is 1. The summed E-state index contributed by atoms with van der Waals surface area (Å²) in [5, 5.41) is 3.66. The molecule has 1 aromatic rings. The van der Waals surface area contributed by atoms with Crippen molar-refractivity contribution in [3.63, 3.8) is 0 Å². The van der Waals surface area contributed by atoms with E-state index in [-0.39, 0.29) is 0 Å². The van der Waals surface area contributed by atoms with E-state index < -0.39 is 0 Å². The average Bonchev–Trinajstić information content (AvgIpc) is 2.60. The first-order valence-corrected chi connectivity index (χ1v) is 9.95. The molecular weight excluding hydrogens is 366 g/mol. The number of benzene rings is 1. The Hall–Kier alpha value is -0.780. The topological polar surface area (TPSA) is 50.5 Å². The van der Waals surface area contributed by atoms with Gasteiger partial charge in [0.2, 0.25) is 0 Å². The van der Waals surface area contributed by atoms with Crippen LogP contribution >= 0.6 is 15.9 Å². The largest absolute Gasteiger partial charge is 0.397 e. The smallest absolute Gasteiger partial charge is 0.0587 e. The van der Waals surface area contributed by atoms with Gasteiger partial charge in [0.25, 0.3) is 0 Å². The van der Waals surface area contributed by atoms with Gasteiger partial charge in [0.15, 0.2) is 0 Å². The molecule has 0 bridgehead atoms. The SMILES string of the molecule is COC1CCC(N2CCC(Nc3cc(Br)c(C)cc3N)CC2)CC1. The Morgan fingerprint density at radius 1 is 1.12 bits per heavy atom. The van der Waals surface area contributed by atoms with Crippen LogP contribution in [0.4, 0.5) is 11.4 Å². The average molecular weight is 396 g/mol. The zero-order valence-corrected chi connectivity index (χ0v) is 16.4. The molecule has 1 aliphatic carbocycles. The monoisotopic (exact) mass is 395 g/mol. The number of aryl methyl sites for hydroxylation is 1. The maximum absolute atomic E-state index is 6.17. The second-order valence-corrected chi connectivity index (χ2v) is 8.16. The highest BCUT2D eigenvalue weighted by atomic mass is 79.9. The van der Waals surface area contributed by atoms with Gasteiger partial charge in [-0.2, -0.15) is 0 Å². The minimum atomic E-state index is 0.489. The van der Waals surface area contributed by atoms with Crippen molar-refractivity contribution in [3.05, 3.63) is 22.2 Å². The molecule has 2 fully saturated rings. The Labute approximate surface area is 154 Å². The fourth-order valence-corrected chi connectivity index (χ4v) is 4.45. The molecule has 3 rings (SSSR count). The van der Waals surface area contributed by atoms with Crippen molar-refractivity contribution in [2.24, 2.45) is 0 Å². The Balaban J connectivity index is 1.50. The van der Waals surface area contributed by atoms with E-state index >= 15 is 0 Å². The zero-order valence-electron chi connectivity index (χ0n) is 14.9. The number of nitrogens with zero attached hydrogens (tertiary/aromatic N) is 1. The highest BCUT2D eigenvalue weighted by molar-refractivity contribution is 9.10. The molecule has 0 radical (unpaired) electrons. The van der Waals surface area contributed by atoms with Crippen molar-refractivity contribution in [1.29, 1.82) is 0 Å². The quantitative estimate of drug-likeness (QED) is 0.750. The number of nitrogen functional groups attached to an aromatic ring is 1. The van der Waals surface area contributed by atoms with Gasteiger partial charge < -0.3 is 20.7 Å². The molecule has 1 saturated carbocycles. The number of ether oxygens (including phenoxy) is 1. The number of methoxy groups -OCH3 is 1. The highest BCUT2D eigenvalue weighted by Crippen LogP contribution is 2.30. The van der Waals surface area contributed by atoms with E-state index in [1.54, 1.807) is 0 Å². The van der Waals surface area contributed by atoms with E-state index in [4.69, 9.17) is 10.5 Å². The normalized spacial score (nSPS) is 26.5. The molecule has 0 unspecified atom stereocenters. The standard InChI is InChI=1S/C19H30BrN3O/c1-13-11-18(21)19(12-17(13)20)22-14-7-9-23(10-8-14)15-3-5-16(24-2)6-4-15/h11-12,14-16,22H,3-10,21H2,1-2H3. The van der Waals surface area contributed by atoms with Crippen molar-refractivity contribution < 1.29 is 4.74 Å². The molecular formula is C19H30BrN3O. The van der Waals surface area contributed by atoms with Crippen LogP contribution in [0.25, 0.3) is 0 Å². The molecule has 1 heterocycles. The molecule has 0 spiro atoms. The van der Waals surface area contributed by atoms with Gasteiger partial charge in [0, 0.05) is 36.8 Å². The molecule has 5 heteroatoms. The number of likely N-dealkylation sites (tertiary alicyclic amines) is 1. The van der Waals surface area contributed by atoms with Crippen LogP contribution in [0, 0.1) is 6.92 Å². The Bertz CT molecular complexity index is 550. The van der Waals surface area contributed by atoms with Crippen LogP contribution in [-0.2, 0) is 4.74 Å². The fourth-order valence-electron chi connectivity index (χ4n) is 4.10. The molecule has 134 valence electrons. The summed E-state index contributed by atoms with van der Waals surface area (Å²) < 4.78 is 6.61. The molecule has 0 aromatic heterocycles. The second-order valence-electron chi connectivity index (χ2n) is 7.31. The van der Waals surface area contributed by atoms with Gasteiger partial charge >= 0.3 is 0 Å². The predicted molar refractivity (Wildman–Crippen MR) is 105 cm³/mol. The minimum absolute atomic E-state index is 0.489. The first-order chi connectivity index (χ1) is 11.6. The number of nitrogens with one attached hydrogen (secondary N) is 1. The first-order valence-electron chi connectivity index (χ1n) is 9.16. The maximum Gasteiger partial charge on any atom is 0.0587 e. The van der Waals surface area contributed by atoms with Gasteiger partial charge in [-0.15, -0.1) is 0 Å². The summed E-state index contributed by atoms with van der Waals surface area (Å²) in [5.41, 5.74) is 9.26. The van der Waals surface area contributed by atoms with Gasteiger partial charge in [-0.05, 0) is 63.1 Å². The van der Waals surface area contributed by atoms with E-state index in [9.17, 15) is 0 Å². The molecule has 3 N–H and O–H groups in total. The van der Waals surface area contributed by atoms with E-state index in [0.717, 1.165) is 21.9 Å². The van der Waals surface area contributed by atoms with E-state index in [1.165, 1.54) is 57.2 Å². The Morgan fingerprint density at radius 3 is 2.42 bits per heavy atom. The summed E-state index contributed by atoms with van der Waals surface area (Å²) in [5.74, 6) is 0. The summed E-state index contributed by atoms with van der Waals surface area (Å²) in [6.45, 7) is 4.45. The van der Waals surface area contributed by atoms with Crippen molar-refractivity contribution in [3.8, 4) is 0 Å². The number of rotatable bonds is 4. The van der Waals surface area contributed by atoms with Crippen molar-refractivity contribution in [2.45, 2.75) is 63.6 Å². The lowest BCUT2D eigenvalue weighted by Crippen LogP contribution is -2.46. The van der Waals surface area contributed by atoms with E-state index in [0.29, 0.717) is 12.1 Å². The van der Waals surface area contributed by atoms with Crippen LogP contribution in [0.15, 0.2) is 16.6 Å². The third-order valence-electron chi connectivity index (χ3n) is 5.71. The van der Waals surface area contributed by atoms with Gasteiger partial charge in [-0.3, -0.25) is 0 Å². The zero-order chi connectivity index (χ0) is 17.1. The van der Waals surface area contributed by atoms with E-state index in [2.05, 4.69) is 39.1 Å². The van der Waals surface area contributed by atoms with Gasteiger partial charge in [-0.25, -0.2) is 0 Å². The summed E-state index contributed by atoms with van der Waals surface area (Å²) in [6.07, 6.45) is 7.87. The van der Waals surface area contributed by atoms with Crippen molar-refractivity contribution >= 4 is 27.3 Å². The molecule has 0 atom stereocenters. The maximum atomic E-state index is 6.17. The molecule has 2 aliphatic rings. The molecule has 1 aromatic carbocycles. The predicted octanol–water partition coefficient (Wildman–Crippen LogP) is 4.17. The van der Waals surface area contributed by atoms with Crippen LogP contribution < -0.4 is 11.1 Å². The molecule has 1 saturated heterocycles.